The summed E-state index contributed by atoms with van der Waals surface area (Å²) in [5, 5.41) is 0. The van der Waals surface area contributed by atoms with Crippen LogP contribution in [0.4, 0.5) is 0 Å². The number of carbonyl (C=O) groups excluding carboxylic acids is 4. The first-order valence-corrected chi connectivity index (χ1v) is 38.0. The van der Waals surface area contributed by atoms with E-state index in [1.54, 1.807) is 27.7 Å². The zero-order valence-corrected chi connectivity index (χ0v) is 69.0. The number of benzene rings is 4. The summed E-state index contributed by atoms with van der Waals surface area (Å²) in [5.74, 6) is -41.8. The number of nitrogens with zero attached hydrogens (tertiary/aromatic N) is 4. The number of methoxy groups -OCH3 is 8. The first-order chi connectivity index (χ1) is 82.6. The van der Waals surface area contributed by atoms with Crippen LogP contribution in [0.3, 0.4) is 0 Å². The third-order valence-corrected chi connectivity index (χ3v) is 19.2. The lowest BCUT2D eigenvalue weighted by Crippen LogP contribution is -2.51. The summed E-state index contributed by atoms with van der Waals surface area (Å²) < 4.78 is 617. The molecular formula is C96H152N8O16. The number of esters is 4. The largest absolute Gasteiger partial charge is 0.493 e. The van der Waals surface area contributed by atoms with E-state index in [4.69, 9.17) is 148 Å². The SMILES string of the molecule is [2H]C([2H])([2H])C([2H])(C([2H])([2H])[2H])[C@]([2H])(N)C(=O)OC1([2H])C([2H])([2H])C2([2H])c3cc(OC)c(OC)cc3CCN2C([2H])([2H])C1([2H])CC(C)C.[2H]C([2H])([2H])Oc1cc2c(cc1OC)C1([2H])N(CC2)C([2H])([2H])C([2H])(CC(C)C)C([2H])(OC(=O)[C@@]([2H])(N)C([2H])(C([2H])([2H])[2H])C([2H])([2H])[2H])C1([2H])[2H].[2H]c1c2c(c([2H])c(OC)c1OC([2H])([2H])[2H])C1N(CC2)C([2H])([2H])C([2H])(CC(C)C)C(OC(=O)[C@@]([2H])(N)C([2H])(C([2H])([2H])[2H])C([2H])([2H])[2H])C1([2H])[2H].[2H]c1c2c(c([2H])c(OC)c1OC)C1N(CC2)C([2H])([2H])C([2H])(CC(C)C)C(OC(=O)[C@@]([2H])(N)C([2H])(C([2H])([2H])[2H])C([2H])([2H])[2H])C1([2H])[2H]. The maximum absolute atomic E-state index is 13.7. The monoisotopic (exact) mass is 1740 g/mol. The van der Waals surface area contributed by atoms with Gasteiger partial charge in [0.1, 0.15) is 48.4 Å². The van der Waals surface area contributed by atoms with Crippen molar-refractivity contribution in [2.24, 2.45) is 93.8 Å². The lowest BCUT2D eigenvalue weighted by atomic mass is 9.79. The highest BCUT2D eigenvalue weighted by Gasteiger charge is 2.47. The Hall–Kier alpha value is -7.16. The van der Waals surface area contributed by atoms with Crippen LogP contribution >= 0.6 is 0 Å². The van der Waals surface area contributed by atoms with Crippen LogP contribution in [0.5, 0.6) is 46.0 Å². The Morgan fingerprint density at radius 1 is 0.383 bits per heavy atom. The standard InChI is InChI=1S/4C24H38N2O4/c4*1-14(2)9-17-13-26-8-7-16-10-21(28-5)22(29-6)11-18(16)19(26)12-20(17)30-24(27)23(25)15(3)4/h4*10-11,14-15,17,19-20,23H,7-9,12-13,25H2,1-6H3/t4*17?,19?,20?,23-/m0000/s1/i3D3,4D3,5D3,12D2,13D2,15D,17D,19D,20D,23D;3D3,4D3,5D3,10D,11D,12D2,13D2,15D,17D,23D;3D3,4D3,12D2,13D2,15D,17D,19D,20D,23D;3D3,4D3,10D,11D,12D2,13D2,15D,17D,23D. The fraction of sp³-hybridized carbons (Fsp3) is 0.708. The van der Waals surface area contributed by atoms with Crippen LogP contribution < -0.4 is 60.8 Å². The summed E-state index contributed by atoms with van der Waals surface area (Å²) in [4.78, 5) is 58.0. The predicted octanol–water partition coefficient (Wildman–Crippen LogP) is 14.3. The minimum Gasteiger partial charge on any atom is -0.493 e. The Morgan fingerprint density at radius 3 is 1.00 bits per heavy atom. The summed E-state index contributed by atoms with van der Waals surface area (Å²) in [7, 11) is 1.12. The quantitative estimate of drug-likeness (QED) is 0.0303. The van der Waals surface area contributed by atoms with Crippen molar-refractivity contribution in [2.75, 3.05) is 109 Å². The Bertz CT molecular complexity index is 7100. The molecule has 4 aromatic carbocycles. The van der Waals surface area contributed by atoms with E-state index in [1.165, 1.54) is 68.3 Å². The molecule has 4 saturated heterocycles. The Labute approximate surface area is 811 Å². The van der Waals surface area contributed by atoms with E-state index in [-0.39, 0.29) is 125 Å². The summed E-state index contributed by atoms with van der Waals surface area (Å²) >= 11 is 0. The predicted molar refractivity (Wildman–Crippen MR) is 471 cm³/mol. The Kier molecular flexibility index (Phi) is 14.8. The molecule has 0 spiro atoms. The van der Waals surface area contributed by atoms with Gasteiger partial charge in [-0.05, 0) is 192 Å². The number of fused-ring (bicyclic) bond motifs is 12. The second-order valence-electron chi connectivity index (χ2n) is 29.7. The average Bonchev–Trinajstić information content (AvgIpc) is 0.651. The maximum atomic E-state index is 13.7. The molecule has 4 aromatic rings. The van der Waals surface area contributed by atoms with Crippen molar-refractivity contribution in [2.45, 2.75) is 260 Å². The van der Waals surface area contributed by atoms with Gasteiger partial charge < -0.3 is 79.8 Å². The van der Waals surface area contributed by atoms with Gasteiger partial charge in [0, 0.05) is 191 Å². The normalized spacial score (nSPS) is 43.7. The minimum atomic E-state index is -4.14. The zero-order chi connectivity index (χ0) is 146. The van der Waals surface area contributed by atoms with Gasteiger partial charge in [-0.25, -0.2) is 0 Å². The van der Waals surface area contributed by atoms with Crippen molar-refractivity contribution in [3.63, 3.8) is 0 Å². The summed E-state index contributed by atoms with van der Waals surface area (Å²) in [6.07, 6.45) is -29.0. The van der Waals surface area contributed by atoms with Gasteiger partial charge in [-0.2, -0.15) is 0 Å². The molecule has 16 atom stereocenters. The van der Waals surface area contributed by atoms with E-state index in [9.17, 15) is 41.1 Å². The van der Waals surface area contributed by atoms with E-state index in [0.717, 1.165) is 41.1 Å². The highest BCUT2D eigenvalue weighted by Crippen LogP contribution is 2.50. The first-order valence-electron chi connectivity index (χ1n) is 71.0. The number of ether oxygens (including phenoxy) is 12. The molecule has 120 heavy (non-hydrogen) atoms. The maximum Gasteiger partial charge on any atom is 0.323 e. The van der Waals surface area contributed by atoms with Crippen LogP contribution in [-0.4, -0.2) is 201 Å². The molecule has 0 amide bonds. The van der Waals surface area contributed by atoms with Crippen molar-refractivity contribution < 1.29 is 166 Å². The van der Waals surface area contributed by atoms with Crippen LogP contribution in [0.1, 0.15) is 320 Å². The Morgan fingerprint density at radius 2 is 0.667 bits per heavy atom. The topological polar surface area (TPSA) is 296 Å². The van der Waals surface area contributed by atoms with Crippen molar-refractivity contribution >= 4 is 23.9 Å². The molecule has 0 bridgehead atoms. The molecule has 4 fully saturated rings. The molecular weight excluding hydrogens is 1520 g/mol. The molecule has 8 heterocycles. The van der Waals surface area contributed by atoms with Crippen molar-refractivity contribution in [1.82, 2.24) is 19.6 Å². The molecule has 672 valence electrons. The number of hydrogen-bond donors (Lipinski definition) is 4. The molecule has 8 N–H and O–H groups in total. The molecule has 0 saturated carbocycles. The van der Waals surface area contributed by atoms with E-state index in [1.807, 2.05) is 0 Å². The number of hydrogen-bond acceptors (Lipinski definition) is 24. The van der Waals surface area contributed by atoms with Gasteiger partial charge in [-0.3, -0.25) is 38.8 Å². The first kappa shape index (κ1) is 40.4. The van der Waals surface area contributed by atoms with Crippen LogP contribution in [0, 0.1) is 70.8 Å². The zero-order valence-electron chi connectivity index (χ0n) is 135. The Balaban J connectivity index is 0.000000270. The second kappa shape index (κ2) is 43.9. The molecule has 0 aliphatic carbocycles. The average molecular weight is 1740 g/mol. The van der Waals surface area contributed by atoms with Gasteiger partial charge in [-0.1, -0.05) is 110 Å². The van der Waals surface area contributed by atoms with Crippen molar-refractivity contribution in [3.05, 3.63) is 92.9 Å². The molecule has 8 aliphatic rings. The lowest BCUT2D eigenvalue weighted by molar-refractivity contribution is -0.161. The number of rotatable bonds is 28. The molecule has 24 nitrogen and oxygen atoms in total. The van der Waals surface area contributed by atoms with E-state index in [2.05, 4.69) is 0 Å². The number of carbonyl (C=O) groups is 4. The van der Waals surface area contributed by atoms with Gasteiger partial charge in [-0.15, -0.1) is 0 Å². The van der Waals surface area contributed by atoms with Crippen molar-refractivity contribution in [1.29, 1.82) is 0 Å². The molecule has 8 aliphatic heterocycles. The van der Waals surface area contributed by atoms with Crippen LogP contribution in [0.2, 0.25) is 0 Å². The number of piperidine rings is 4. The molecule has 12 unspecified atom stereocenters. The van der Waals surface area contributed by atoms with Gasteiger partial charge in [0.15, 0.2) is 46.0 Å². The molecule has 0 radical (unpaired) electrons. The van der Waals surface area contributed by atoms with Crippen molar-refractivity contribution in [3.8, 4) is 46.0 Å². The van der Waals surface area contributed by atoms with Crippen LogP contribution in [0.25, 0.3) is 0 Å². The van der Waals surface area contributed by atoms with Crippen LogP contribution in [-0.2, 0) is 63.8 Å². The van der Waals surface area contributed by atoms with Gasteiger partial charge in [0.05, 0.1) is 81.4 Å². The fourth-order valence-corrected chi connectivity index (χ4v) is 13.6. The number of nitrogens with two attached hydrogens (primary N) is 4. The third-order valence-electron chi connectivity index (χ3n) is 19.2. The highest BCUT2D eigenvalue weighted by atomic mass is 16.6. The van der Waals surface area contributed by atoms with Gasteiger partial charge in [0.25, 0.3) is 0 Å². The van der Waals surface area contributed by atoms with Gasteiger partial charge in [0.2, 0.25) is 0 Å². The van der Waals surface area contributed by atoms with E-state index >= 15 is 0 Å². The minimum absolute atomic E-state index is 0.0139. The highest BCUT2D eigenvalue weighted by molar-refractivity contribution is 5.77. The van der Waals surface area contributed by atoms with E-state index < -0.39 is 355 Å². The fourth-order valence-electron chi connectivity index (χ4n) is 13.6. The lowest BCUT2D eigenvalue weighted by Gasteiger charge is -2.47. The summed E-state index contributed by atoms with van der Waals surface area (Å²) in [6, 6.07) is -23.0. The summed E-state index contributed by atoms with van der Waals surface area (Å²) in [5.41, 5.74) is 21.9. The van der Waals surface area contributed by atoms with Gasteiger partial charge >= 0.3 is 23.9 Å². The molecule has 12 rings (SSSR count). The molecule has 0 aromatic heterocycles. The van der Waals surface area contributed by atoms with E-state index in [0.29, 0.717) is 4.90 Å². The smallest absolute Gasteiger partial charge is 0.323 e. The van der Waals surface area contributed by atoms with Crippen LogP contribution in [0.15, 0.2) is 48.4 Å². The third kappa shape index (κ3) is 23.8. The molecule has 24 heteroatoms. The second-order valence-corrected chi connectivity index (χ2v) is 29.7. The summed E-state index contributed by atoms with van der Waals surface area (Å²) in [6.45, 7) is -32.6.